The first kappa shape index (κ1) is 18.0. The van der Waals surface area contributed by atoms with Crippen molar-refractivity contribution >= 4 is 8.07 Å². The molecule has 0 saturated carbocycles. The van der Waals surface area contributed by atoms with Gasteiger partial charge in [-0.3, -0.25) is 0 Å². The Morgan fingerprint density at radius 3 is 1.33 bits per heavy atom. The maximum absolute atomic E-state index is 2.46. The van der Waals surface area contributed by atoms with Crippen LogP contribution in [0, 0.1) is 11.8 Å². The number of allylic oxidation sites excluding steroid dienone is 2. The Kier molecular flexibility index (Phi) is 7.50. The first-order valence-electron chi connectivity index (χ1n) is 7.82. The minimum atomic E-state index is -1.21. The van der Waals surface area contributed by atoms with Crippen LogP contribution in [0.5, 0.6) is 0 Å². The maximum atomic E-state index is 2.46. The minimum Gasteiger partial charge on any atom is -0.0857 e. The van der Waals surface area contributed by atoms with Gasteiger partial charge in [-0.05, 0) is 11.8 Å². The molecular weight excluding hydrogens is 232 g/mol. The molecular formula is C17H36Si. The summed E-state index contributed by atoms with van der Waals surface area (Å²) >= 11 is 0. The second kappa shape index (κ2) is 7.52. The molecule has 0 aliphatic carbocycles. The molecule has 1 heteroatoms. The largest absolute Gasteiger partial charge is 0.0857 e. The number of rotatable bonds is 7. The molecule has 0 aromatic rings. The summed E-state index contributed by atoms with van der Waals surface area (Å²) in [5, 5.41) is 0. The van der Waals surface area contributed by atoms with E-state index in [4.69, 9.17) is 0 Å². The zero-order valence-electron chi connectivity index (χ0n) is 14.2. The standard InChI is InChI=1S/C17H36Si/c1-13(2)10-11-17(9)12-18(14(3)4,15(5)6)16(7)8/h10-11,13-17H,12H2,1-9H3/b11-10+. The van der Waals surface area contributed by atoms with Crippen LogP contribution in [0.1, 0.15) is 62.3 Å². The van der Waals surface area contributed by atoms with E-state index in [-0.39, 0.29) is 0 Å². The van der Waals surface area contributed by atoms with Crippen molar-refractivity contribution in [3.63, 3.8) is 0 Å². The predicted octanol–water partition coefficient (Wildman–Crippen LogP) is 6.51. The number of hydrogen-bond acceptors (Lipinski definition) is 0. The van der Waals surface area contributed by atoms with Gasteiger partial charge in [0, 0.05) is 0 Å². The SMILES string of the molecule is CC(C)/C=C/C(C)C[Si](C(C)C)(C(C)C)C(C)C. The molecule has 18 heavy (non-hydrogen) atoms. The summed E-state index contributed by atoms with van der Waals surface area (Å²) in [6, 6.07) is 1.45. The molecule has 0 aromatic carbocycles. The van der Waals surface area contributed by atoms with E-state index in [1.165, 1.54) is 6.04 Å². The summed E-state index contributed by atoms with van der Waals surface area (Å²) in [5.74, 6) is 1.42. The van der Waals surface area contributed by atoms with Gasteiger partial charge in [-0.25, -0.2) is 0 Å². The quantitative estimate of drug-likeness (QED) is 0.364. The van der Waals surface area contributed by atoms with E-state index in [0.717, 1.165) is 22.5 Å². The molecule has 0 aliphatic rings. The molecule has 0 nitrogen and oxygen atoms in total. The third-order valence-electron chi connectivity index (χ3n) is 4.72. The predicted molar refractivity (Wildman–Crippen MR) is 89.0 cm³/mol. The highest BCUT2D eigenvalue weighted by atomic mass is 28.3. The van der Waals surface area contributed by atoms with Crippen LogP contribution in [-0.2, 0) is 0 Å². The van der Waals surface area contributed by atoms with Gasteiger partial charge in [0.25, 0.3) is 0 Å². The van der Waals surface area contributed by atoms with Gasteiger partial charge in [-0.2, -0.15) is 0 Å². The molecule has 0 amide bonds. The zero-order valence-corrected chi connectivity index (χ0v) is 15.2. The molecule has 1 unspecified atom stereocenters. The van der Waals surface area contributed by atoms with Crippen molar-refractivity contribution in [3.8, 4) is 0 Å². The summed E-state index contributed by atoms with van der Waals surface area (Å²) in [6.07, 6.45) is 4.84. The molecule has 0 fully saturated rings. The van der Waals surface area contributed by atoms with Crippen molar-refractivity contribution in [1.29, 1.82) is 0 Å². The van der Waals surface area contributed by atoms with E-state index in [2.05, 4.69) is 74.5 Å². The summed E-state index contributed by atoms with van der Waals surface area (Å²) in [5.41, 5.74) is 2.65. The van der Waals surface area contributed by atoms with Crippen LogP contribution in [0.3, 0.4) is 0 Å². The van der Waals surface area contributed by atoms with Crippen LogP contribution >= 0.6 is 0 Å². The topological polar surface area (TPSA) is 0 Å². The van der Waals surface area contributed by atoms with Crippen LogP contribution in [-0.4, -0.2) is 8.07 Å². The molecule has 1 atom stereocenters. The van der Waals surface area contributed by atoms with Gasteiger partial charge < -0.3 is 0 Å². The Balaban J connectivity index is 5.01. The van der Waals surface area contributed by atoms with Crippen molar-refractivity contribution in [3.05, 3.63) is 12.2 Å². The van der Waals surface area contributed by atoms with E-state index < -0.39 is 8.07 Å². The zero-order chi connectivity index (χ0) is 14.5. The van der Waals surface area contributed by atoms with E-state index in [1.807, 2.05) is 0 Å². The molecule has 0 spiro atoms. The molecule has 0 saturated heterocycles. The highest BCUT2D eigenvalue weighted by Gasteiger charge is 2.42. The van der Waals surface area contributed by atoms with E-state index in [0.29, 0.717) is 5.92 Å². The molecule has 0 heterocycles. The van der Waals surface area contributed by atoms with E-state index in [1.54, 1.807) is 0 Å². The summed E-state index contributed by atoms with van der Waals surface area (Å²) in [6.45, 7) is 21.7. The van der Waals surface area contributed by atoms with Crippen molar-refractivity contribution in [1.82, 2.24) is 0 Å². The van der Waals surface area contributed by atoms with Gasteiger partial charge in [0.2, 0.25) is 0 Å². The molecule has 0 bridgehead atoms. The molecule has 108 valence electrons. The highest BCUT2D eigenvalue weighted by Crippen LogP contribution is 2.46. The first-order valence-corrected chi connectivity index (χ1v) is 10.3. The second-order valence-electron chi connectivity index (χ2n) is 7.39. The van der Waals surface area contributed by atoms with Crippen LogP contribution < -0.4 is 0 Å². The van der Waals surface area contributed by atoms with Gasteiger partial charge in [-0.1, -0.05) is 97.1 Å². The van der Waals surface area contributed by atoms with Crippen molar-refractivity contribution in [2.45, 2.75) is 85.0 Å². The van der Waals surface area contributed by atoms with Crippen LogP contribution in [0.2, 0.25) is 22.7 Å². The van der Waals surface area contributed by atoms with Gasteiger partial charge in [0.15, 0.2) is 0 Å². The van der Waals surface area contributed by atoms with Crippen LogP contribution in [0.4, 0.5) is 0 Å². The highest BCUT2D eigenvalue weighted by molar-refractivity contribution is 6.83. The summed E-state index contributed by atoms with van der Waals surface area (Å²) in [7, 11) is -1.21. The lowest BCUT2D eigenvalue weighted by Gasteiger charge is -2.44. The van der Waals surface area contributed by atoms with Gasteiger partial charge in [0.05, 0.1) is 8.07 Å². The Morgan fingerprint density at radius 2 is 1.06 bits per heavy atom. The Bertz CT molecular complexity index is 227. The fourth-order valence-electron chi connectivity index (χ4n) is 3.74. The third kappa shape index (κ3) is 4.57. The average molecular weight is 269 g/mol. The minimum absolute atomic E-state index is 0.681. The Labute approximate surface area is 117 Å². The smallest absolute Gasteiger partial charge is 0.0618 e. The van der Waals surface area contributed by atoms with E-state index in [9.17, 15) is 0 Å². The van der Waals surface area contributed by atoms with Crippen molar-refractivity contribution in [2.24, 2.45) is 11.8 Å². The lowest BCUT2D eigenvalue weighted by Crippen LogP contribution is -2.45. The molecule has 0 radical (unpaired) electrons. The number of hydrogen-bond donors (Lipinski definition) is 0. The third-order valence-corrected chi connectivity index (χ3v) is 12.5. The monoisotopic (exact) mass is 268 g/mol. The molecule has 0 aromatic heterocycles. The summed E-state index contributed by atoms with van der Waals surface area (Å²) in [4.78, 5) is 0. The fraction of sp³-hybridized carbons (Fsp3) is 0.882. The first-order chi connectivity index (χ1) is 8.14. The van der Waals surface area contributed by atoms with Gasteiger partial charge in [0.1, 0.15) is 0 Å². The second-order valence-corrected chi connectivity index (χ2v) is 13.5. The molecule has 0 rings (SSSR count). The van der Waals surface area contributed by atoms with Crippen LogP contribution in [0.25, 0.3) is 0 Å². The molecule has 0 aliphatic heterocycles. The van der Waals surface area contributed by atoms with Gasteiger partial charge >= 0.3 is 0 Å². The maximum Gasteiger partial charge on any atom is 0.0618 e. The normalized spacial score (nSPS) is 15.6. The fourth-order valence-corrected chi connectivity index (χ4v) is 10.4. The van der Waals surface area contributed by atoms with Crippen molar-refractivity contribution in [2.75, 3.05) is 0 Å². The summed E-state index contributed by atoms with van der Waals surface area (Å²) < 4.78 is 0. The molecule has 0 N–H and O–H groups in total. The van der Waals surface area contributed by atoms with Crippen LogP contribution in [0.15, 0.2) is 12.2 Å². The lowest BCUT2D eigenvalue weighted by molar-refractivity contribution is 0.712. The van der Waals surface area contributed by atoms with E-state index >= 15 is 0 Å². The Hall–Kier alpha value is -0.0431. The lowest BCUT2D eigenvalue weighted by atomic mass is 10.1. The van der Waals surface area contributed by atoms with Crippen molar-refractivity contribution < 1.29 is 0 Å². The Morgan fingerprint density at radius 1 is 0.667 bits per heavy atom. The average Bonchev–Trinajstić information content (AvgIpc) is 2.21. The van der Waals surface area contributed by atoms with Gasteiger partial charge in [-0.15, -0.1) is 0 Å².